The van der Waals surface area contributed by atoms with Crippen LogP contribution in [-0.4, -0.2) is 37.8 Å². The molecule has 0 saturated heterocycles. The quantitative estimate of drug-likeness (QED) is 0.753. The Kier molecular flexibility index (Phi) is 6.87. The predicted molar refractivity (Wildman–Crippen MR) is 110 cm³/mol. The van der Waals surface area contributed by atoms with Gasteiger partial charge < -0.3 is 14.7 Å². The molecule has 2 atom stereocenters. The van der Waals surface area contributed by atoms with Gasteiger partial charge in [-0.2, -0.15) is 0 Å². The van der Waals surface area contributed by atoms with Crippen LogP contribution in [0.4, 0.5) is 0 Å². The fourth-order valence-corrected chi connectivity index (χ4v) is 3.56. The lowest BCUT2D eigenvalue weighted by Gasteiger charge is -2.37. The van der Waals surface area contributed by atoms with Crippen LogP contribution in [0.15, 0.2) is 54.1 Å². The first-order valence-corrected chi connectivity index (χ1v) is 9.11. The number of aliphatic hydroxyl groups is 1. The molecule has 0 aliphatic heterocycles. The fourth-order valence-electron chi connectivity index (χ4n) is 3.37. The van der Waals surface area contributed by atoms with Crippen molar-refractivity contribution in [2.24, 2.45) is 5.92 Å². The highest BCUT2D eigenvalue weighted by molar-refractivity contribution is 6.30. The van der Waals surface area contributed by atoms with Crippen LogP contribution in [0.5, 0.6) is 5.75 Å². The first kappa shape index (κ1) is 20.5. The SMILES string of the molecule is COc1ccc(C=C(C)C(O)(c2cccc(Cl)c2)C(C)CN(C)C)cc1. The van der Waals surface area contributed by atoms with E-state index in [1.165, 1.54) is 0 Å². The number of halogens is 1. The Labute approximate surface area is 161 Å². The molecule has 0 spiro atoms. The van der Waals surface area contributed by atoms with Crippen molar-refractivity contribution in [3.05, 3.63) is 70.3 Å². The summed E-state index contributed by atoms with van der Waals surface area (Å²) in [6, 6.07) is 15.3. The third-order valence-electron chi connectivity index (χ3n) is 4.72. The monoisotopic (exact) mass is 373 g/mol. The summed E-state index contributed by atoms with van der Waals surface area (Å²) in [5.41, 5.74) is 1.58. The number of rotatable bonds is 7. The summed E-state index contributed by atoms with van der Waals surface area (Å²) in [5.74, 6) is 0.788. The molecule has 3 nitrogen and oxygen atoms in total. The summed E-state index contributed by atoms with van der Waals surface area (Å²) in [4.78, 5) is 2.08. The van der Waals surface area contributed by atoms with Crippen molar-refractivity contribution in [3.8, 4) is 5.75 Å². The van der Waals surface area contributed by atoms with Crippen molar-refractivity contribution >= 4 is 17.7 Å². The lowest BCUT2D eigenvalue weighted by molar-refractivity contribution is 0.0105. The second kappa shape index (κ2) is 8.72. The van der Waals surface area contributed by atoms with Gasteiger partial charge in [0.15, 0.2) is 0 Å². The molecule has 4 heteroatoms. The number of benzene rings is 2. The largest absolute Gasteiger partial charge is 0.497 e. The van der Waals surface area contributed by atoms with Crippen molar-refractivity contribution in [1.29, 1.82) is 0 Å². The molecule has 26 heavy (non-hydrogen) atoms. The van der Waals surface area contributed by atoms with E-state index in [9.17, 15) is 5.11 Å². The molecular weight excluding hydrogens is 346 g/mol. The van der Waals surface area contributed by atoms with E-state index in [0.29, 0.717) is 5.02 Å². The molecule has 2 rings (SSSR count). The van der Waals surface area contributed by atoms with Gasteiger partial charge in [-0.3, -0.25) is 0 Å². The van der Waals surface area contributed by atoms with Gasteiger partial charge in [0.1, 0.15) is 11.4 Å². The van der Waals surface area contributed by atoms with Crippen LogP contribution < -0.4 is 4.74 Å². The van der Waals surface area contributed by atoms with Gasteiger partial charge in [-0.25, -0.2) is 0 Å². The molecule has 0 amide bonds. The topological polar surface area (TPSA) is 32.7 Å². The van der Waals surface area contributed by atoms with E-state index in [1.54, 1.807) is 7.11 Å². The van der Waals surface area contributed by atoms with E-state index in [1.807, 2.05) is 75.6 Å². The molecule has 0 heterocycles. The molecule has 2 unspecified atom stereocenters. The Morgan fingerprint density at radius 2 is 1.88 bits per heavy atom. The molecule has 0 aliphatic carbocycles. The molecule has 1 N–H and O–H groups in total. The number of ether oxygens (including phenoxy) is 1. The summed E-state index contributed by atoms with van der Waals surface area (Å²) < 4.78 is 5.22. The fraction of sp³-hybridized carbons (Fsp3) is 0.364. The zero-order valence-corrected chi connectivity index (χ0v) is 16.9. The zero-order valence-electron chi connectivity index (χ0n) is 16.2. The van der Waals surface area contributed by atoms with Gasteiger partial charge in [-0.05, 0) is 62.0 Å². The van der Waals surface area contributed by atoms with Crippen LogP contribution in [0, 0.1) is 5.92 Å². The smallest absolute Gasteiger partial charge is 0.118 e. The second-order valence-corrected chi connectivity index (χ2v) is 7.48. The Balaban J connectivity index is 2.49. The number of hydrogen-bond donors (Lipinski definition) is 1. The van der Waals surface area contributed by atoms with Gasteiger partial charge in [0.2, 0.25) is 0 Å². The van der Waals surface area contributed by atoms with Crippen LogP contribution in [0.1, 0.15) is 25.0 Å². The van der Waals surface area contributed by atoms with Crippen molar-refractivity contribution in [2.45, 2.75) is 19.4 Å². The molecule has 2 aromatic carbocycles. The Morgan fingerprint density at radius 3 is 2.42 bits per heavy atom. The summed E-state index contributed by atoms with van der Waals surface area (Å²) in [5, 5.41) is 12.4. The number of methoxy groups -OCH3 is 1. The molecule has 0 saturated carbocycles. The number of hydrogen-bond acceptors (Lipinski definition) is 3. The van der Waals surface area contributed by atoms with E-state index in [0.717, 1.165) is 29.0 Å². The van der Waals surface area contributed by atoms with E-state index < -0.39 is 5.60 Å². The van der Waals surface area contributed by atoms with Gasteiger partial charge in [0, 0.05) is 17.5 Å². The third-order valence-corrected chi connectivity index (χ3v) is 4.95. The van der Waals surface area contributed by atoms with Crippen molar-refractivity contribution in [1.82, 2.24) is 4.90 Å². The Bertz CT molecular complexity index is 755. The van der Waals surface area contributed by atoms with Crippen LogP contribution in [0.2, 0.25) is 5.02 Å². The first-order valence-electron chi connectivity index (χ1n) is 8.73. The van der Waals surface area contributed by atoms with E-state index in [4.69, 9.17) is 16.3 Å². The average Bonchev–Trinajstić information content (AvgIpc) is 2.60. The molecular formula is C22H28ClNO2. The minimum Gasteiger partial charge on any atom is -0.497 e. The van der Waals surface area contributed by atoms with Gasteiger partial charge >= 0.3 is 0 Å². The molecule has 0 bridgehead atoms. The van der Waals surface area contributed by atoms with E-state index in [-0.39, 0.29) is 5.92 Å². The van der Waals surface area contributed by atoms with Gasteiger partial charge in [-0.15, -0.1) is 0 Å². The van der Waals surface area contributed by atoms with Crippen molar-refractivity contribution in [2.75, 3.05) is 27.7 Å². The summed E-state index contributed by atoms with van der Waals surface area (Å²) in [6.07, 6.45) is 2.02. The highest BCUT2D eigenvalue weighted by Gasteiger charge is 2.37. The highest BCUT2D eigenvalue weighted by Crippen LogP contribution is 2.39. The van der Waals surface area contributed by atoms with Crippen molar-refractivity contribution < 1.29 is 9.84 Å². The standard InChI is InChI=1S/C22H28ClNO2/c1-16(13-18-9-11-21(26-5)12-10-18)22(25,17(2)15-24(3)4)19-7-6-8-20(23)14-19/h6-14,17,25H,15H2,1-5H3. The second-order valence-electron chi connectivity index (χ2n) is 7.04. The van der Waals surface area contributed by atoms with Crippen LogP contribution in [-0.2, 0) is 5.60 Å². The zero-order chi connectivity index (χ0) is 19.3. The van der Waals surface area contributed by atoms with E-state index >= 15 is 0 Å². The maximum absolute atomic E-state index is 11.8. The lowest BCUT2D eigenvalue weighted by Crippen LogP contribution is -2.40. The minimum absolute atomic E-state index is 0.0227. The van der Waals surface area contributed by atoms with Gasteiger partial charge in [0.25, 0.3) is 0 Å². The number of nitrogens with zero attached hydrogens (tertiary/aromatic N) is 1. The average molecular weight is 374 g/mol. The maximum Gasteiger partial charge on any atom is 0.118 e. The third kappa shape index (κ3) is 4.67. The summed E-state index contributed by atoms with van der Waals surface area (Å²) >= 11 is 6.20. The molecule has 0 aromatic heterocycles. The molecule has 140 valence electrons. The molecule has 0 radical (unpaired) electrons. The normalized spacial score (nSPS) is 15.6. The van der Waals surface area contributed by atoms with Crippen LogP contribution in [0.3, 0.4) is 0 Å². The molecule has 2 aromatic rings. The molecule has 0 aliphatic rings. The van der Waals surface area contributed by atoms with Crippen LogP contribution in [0.25, 0.3) is 6.08 Å². The van der Waals surface area contributed by atoms with Gasteiger partial charge in [-0.1, -0.05) is 48.9 Å². The summed E-state index contributed by atoms with van der Waals surface area (Å²) in [7, 11) is 5.67. The predicted octanol–water partition coefficient (Wildman–Crippen LogP) is 4.84. The molecule has 0 fully saturated rings. The highest BCUT2D eigenvalue weighted by atomic mass is 35.5. The maximum atomic E-state index is 11.8. The van der Waals surface area contributed by atoms with Crippen LogP contribution >= 0.6 is 11.6 Å². The Morgan fingerprint density at radius 1 is 1.23 bits per heavy atom. The first-order chi connectivity index (χ1) is 12.3. The Hall–Kier alpha value is -1.81. The minimum atomic E-state index is -1.12. The van der Waals surface area contributed by atoms with Gasteiger partial charge in [0.05, 0.1) is 7.11 Å². The van der Waals surface area contributed by atoms with E-state index in [2.05, 4.69) is 11.8 Å². The summed E-state index contributed by atoms with van der Waals surface area (Å²) in [6.45, 7) is 4.78. The lowest BCUT2D eigenvalue weighted by atomic mass is 9.76. The van der Waals surface area contributed by atoms with Crippen molar-refractivity contribution in [3.63, 3.8) is 0 Å².